The normalized spacial score (nSPS) is 11.4. The van der Waals surface area contributed by atoms with E-state index in [1.54, 1.807) is 0 Å². The second-order valence-electron chi connectivity index (χ2n) is 4.44. The summed E-state index contributed by atoms with van der Waals surface area (Å²) in [4.78, 5) is 10.7. The number of carbonyl (C=O) groups is 1. The molecule has 6 nitrogen and oxygen atoms in total. The molecule has 1 aromatic carbocycles. The van der Waals surface area contributed by atoms with Gasteiger partial charge in [-0.3, -0.25) is 0 Å². The van der Waals surface area contributed by atoms with Crippen LogP contribution in [-0.4, -0.2) is 31.1 Å². The van der Waals surface area contributed by atoms with Crippen LogP contribution in [0.1, 0.15) is 43.0 Å². The molecule has 0 amide bonds. The van der Waals surface area contributed by atoms with E-state index < -0.39 is 27.3 Å². The van der Waals surface area contributed by atoms with Crippen molar-refractivity contribution in [2.24, 2.45) is 0 Å². The Bertz CT molecular complexity index is 568. The van der Waals surface area contributed by atoms with Gasteiger partial charge in [0, 0.05) is 6.54 Å². The first-order valence-corrected chi connectivity index (χ1v) is 7.92. The van der Waals surface area contributed by atoms with Crippen LogP contribution in [0.3, 0.4) is 0 Å². The lowest BCUT2D eigenvalue weighted by Gasteiger charge is -2.08. The van der Waals surface area contributed by atoms with E-state index in [1.165, 1.54) is 6.07 Å². The monoisotopic (exact) mass is 301 g/mol. The fraction of sp³-hybridized carbons (Fsp3) is 0.462. The first kappa shape index (κ1) is 16.5. The van der Waals surface area contributed by atoms with Crippen molar-refractivity contribution in [1.29, 1.82) is 0 Å². The van der Waals surface area contributed by atoms with Gasteiger partial charge in [-0.25, -0.2) is 17.9 Å². The van der Waals surface area contributed by atoms with Crippen molar-refractivity contribution in [3.05, 3.63) is 23.8 Å². The van der Waals surface area contributed by atoms with E-state index in [1.807, 2.05) is 0 Å². The maximum atomic E-state index is 12.0. The van der Waals surface area contributed by atoms with E-state index in [2.05, 4.69) is 11.6 Å². The average Bonchev–Trinajstić information content (AvgIpc) is 2.38. The Balaban J connectivity index is 2.77. The first-order valence-electron chi connectivity index (χ1n) is 6.44. The van der Waals surface area contributed by atoms with E-state index in [-0.39, 0.29) is 4.90 Å². The number of sulfonamides is 1. The third kappa shape index (κ3) is 4.50. The highest BCUT2D eigenvalue weighted by Gasteiger charge is 2.18. The SMILES string of the molecule is CCCCCCNS(=O)(=O)c1ccc(O)c(C(=O)O)c1. The van der Waals surface area contributed by atoms with Gasteiger partial charge in [0.25, 0.3) is 0 Å². The predicted molar refractivity (Wildman–Crippen MR) is 74.4 cm³/mol. The van der Waals surface area contributed by atoms with Gasteiger partial charge in [-0.05, 0) is 24.6 Å². The second kappa shape index (κ2) is 7.25. The molecule has 112 valence electrons. The molecule has 1 aromatic rings. The quantitative estimate of drug-likeness (QED) is 0.637. The third-order valence-corrected chi connectivity index (χ3v) is 4.29. The Morgan fingerprint density at radius 2 is 1.95 bits per heavy atom. The van der Waals surface area contributed by atoms with Crippen molar-refractivity contribution in [1.82, 2.24) is 4.72 Å². The maximum absolute atomic E-state index is 12.0. The van der Waals surface area contributed by atoms with Gasteiger partial charge in [-0.15, -0.1) is 0 Å². The van der Waals surface area contributed by atoms with Crippen LogP contribution in [0, 0.1) is 0 Å². The molecule has 0 aromatic heterocycles. The fourth-order valence-electron chi connectivity index (χ4n) is 1.70. The molecular formula is C13H19NO5S. The fourth-order valence-corrected chi connectivity index (χ4v) is 2.80. The molecule has 0 radical (unpaired) electrons. The summed E-state index contributed by atoms with van der Waals surface area (Å²) in [6, 6.07) is 3.19. The standard InChI is InChI=1S/C13H19NO5S/c1-2-3-4-5-8-14-20(18,19)10-6-7-12(15)11(9-10)13(16)17/h6-7,9,14-15H,2-5,8H2,1H3,(H,16,17). The van der Waals surface area contributed by atoms with E-state index in [9.17, 15) is 18.3 Å². The Kier molecular flexibility index (Phi) is 5.97. The minimum Gasteiger partial charge on any atom is -0.507 e. The number of phenols is 1. The van der Waals surface area contributed by atoms with Crippen LogP contribution in [-0.2, 0) is 10.0 Å². The lowest BCUT2D eigenvalue weighted by molar-refractivity contribution is 0.0693. The van der Waals surface area contributed by atoms with Crippen LogP contribution < -0.4 is 4.72 Å². The van der Waals surface area contributed by atoms with Gasteiger partial charge >= 0.3 is 5.97 Å². The highest BCUT2D eigenvalue weighted by Crippen LogP contribution is 2.21. The van der Waals surface area contributed by atoms with Gasteiger partial charge in [0.2, 0.25) is 10.0 Å². The second-order valence-corrected chi connectivity index (χ2v) is 6.21. The van der Waals surface area contributed by atoms with Gasteiger partial charge in [-0.2, -0.15) is 0 Å². The number of benzene rings is 1. The number of hydrogen-bond donors (Lipinski definition) is 3. The molecule has 0 saturated heterocycles. The zero-order valence-corrected chi connectivity index (χ0v) is 12.1. The molecule has 0 atom stereocenters. The summed E-state index contributed by atoms with van der Waals surface area (Å²) in [5, 5.41) is 18.2. The van der Waals surface area contributed by atoms with Gasteiger partial charge < -0.3 is 10.2 Å². The molecule has 0 aliphatic heterocycles. The van der Waals surface area contributed by atoms with Crippen molar-refractivity contribution >= 4 is 16.0 Å². The largest absolute Gasteiger partial charge is 0.507 e. The highest BCUT2D eigenvalue weighted by molar-refractivity contribution is 7.89. The highest BCUT2D eigenvalue weighted by atomic mass is 32.2. The summed E-state index contributed by atoms with van der Waals surface area (Å²) in [7, 11) is -3.74. The number of nitrogens with one attached hydrogen (secondary N) is 1. The van der Waals surface area contributed by atoms with Gasteiger partial charge in [0.1, 0.15) is 11.3 Å². The van der Waals surface area contributed by atoms with Crippen molar-refractivity contribution in [3.8, 4) is 5.75 Å². The van der Waals surface area contributed by atoms with Gasteiger partial charge in [0.05, 0.1) is 4.90 Å². The van der Waals surface area contributed by atoms with Crippen LogP contribution in [0.2, 0.25) is 0 Å². The predicted octanol–water partition coefficient (Wildman–Crippen LogP) is 1.95. The summed E-state index contributed by atoms with van der Waals surface area (Å²) < 4.78 is 26.3. The number of rotatable bonds is 8. The minimum atomic E-state index is -3.74. The lowest BCUT2D eigenvalue weighted by atomic mass is 10.2. The summed E-state index contributed by atoms with van der Waals surface area (Å²) in [6.45, 7) is 2.37. The molecule has 7 heteroatoms. The average molecular weight is 301 g/mol. The Morgan fingerprint density at radius 1 is 1.25 bits per heavy atom. The van der Waals surface area contributed by atoms with E-state index in [0.29, 0.717) is 6.54 Å². The molecule has 1 rings (SSSR count). The molecule has 0 heterocycles. The van der Waals surface area contributed by atoms with Crippen molar-refractivity contribution in [2.45, 2.75) is 37.5 Å². The molecule has 3 N–H and O–H groups in total. The van der Waals surface area contributed by atoms with Crippen LogP contribution >= 0.6 is 0 Å². The van der Waals surface area contributed by atoms with Crippen LogP contribution in [0.15, 0.2) is 23.1 Å². The summed E-state index contributed by atoms with van der Waals surface area (Å²) in [5.41, 5.74) is -0.432. The van der Waals surface area contributed by atoms with Gasteiger partial charge in [0.15, 0.2) is 0 Å². The molecule has 0 unspecified atom stereocenters. The van der Waals surface area contributed by atoms with E-state index in [0.717, 1.165) is 37.8 Å². The zero-order chi connectivity index (χ0) is 15.2. The number of unbranched alkanes of at least 4 members (excludes halogenated alkanes) is 3. The van der Waals surface area contributed by atoms with Crippen molar-refractivity contribution in [2.75, 3.05) is 6.54 Å². The Morgan fingerprint density at radius 3 is 2.55 bits per heavy atom. The lowest BCUT2D eigenvalue weighted by Crippen LogP contribution is -2.25. The van der Waals surface area contributed by atoms with Crippen LogP contribution in [0.25, 0.3) is 0 Å². The van der Waals surface area contributed by atoms with E-state index in [4.69, 9.17) is 5.11 Å². The number of carboxylic acid groups (broad SMARTS) is 1. The van der Waals surface area contributed by atoms with E-state index >= 15 is 0 Å². The zero-order valence-electron chi connectivity index (χ0n) is 11.3. The number of hydrogen-bond acceptors (Lipinski definition) is 4. The Hall–Kier alpha value is -1.60. The summed E-state index contributed by atoms with van der Waals surface area (Å²) >= 11 is 0. The molecule has 20 heavy (non-hydrogen) atoms. The molecule has 0 saturated carbocycles. The molecular weight excluding hydrogens is 282 g/mol. The summed E-state index contributed by atoms with van der Waals surface area (Å²) in [6.07, 6.45) is 3.78. The van der Waals surface area contributed by atoms with Crippen LogP contribution in [0.5, 0.6) is 5.75 Å². The third-order valence-electron chi connectivity index (χ3n) is 2.83. The minimum absolute atomic E-state index is 0.164. The van der Waals surface area contributed by atoms with Crippen molar-refractivity contribution in [3.63, 3.8) is 0 Å². The molecule has 0 fully saturated rings. The number of aromatic carboxylic acids is 1. The number of aromatic hydroxyl groups is 1. The topological polar surface area (TPSA) is 104 Å². The summed E-state index contributed by atoms with van der Waals surface area (Å²) in [5.74, 6) is -1.83. The smallest absolute Gasteiger partial charge is 0.339 e. The van der Waals surface area contributed by atoms with Crippen molar-refractivity contribution < 1.29 is 23.4 Å². The molecule has 0 aliphatic rings. The molecule has 0 aliphatic carbocycles. The Labute approximate surface area is 118 Å². The molecule has 0 spiro atoms. The number of carboxylic acids is 1. The maximum Gasteiger partial charge on any atom is 0.339 e. The van der Waals surface area contributed by atoms with Crippen LogP contribution in [0.4, 0.5) is 0 Å². The first-order chi connectivity index (χ1) is 9.38. The molecule has 0 bridgehead atoms. The van der Waals surface area contributed by atoms with Gasteiger partial charge in [-0.1, -0.05) is 26.2 Å².